The van der Waals surface area contributed by atoms with Crippen molar-refractivity contribution < 1.29 is 18.0 Å². The van der Waals surface area contributed by atoms with Gasteiger partial charge in [0.2, 0.25) is 11.8 Å². The number of sulfone groups is 1. The van der Waals surface area contributed by atoms with Gasteiger partial charge in [-0.05, 0) is 36.5 Å². The van der Waals surface area contributed by atoms with E-state index in [0.717, 1.165) is 17.7 Å². The van der Waals surface area contributed by atoms with Crippen LogP contribution in [0, 0.1) is 11.8 Å². The molecule has 1 saturated carbocycles. The molecule has 0 bridgehead atoms. The minimum atomic E-state index is -3.59. The third kappa shape index (κ3) is 4.85. The number of hydrogen-bond acceptors (Lipinski definition) is 5. The molecule has 3 atom stereocenters. The molecule has 1 aliphatic heterocycles. The second-order valence-electron chi connectivity index (χ2n) is 7.51. The predicted octanol–water partition coefficient (Wildman–Crippen LogP) is 2.84. The van der Waals surface area contributed by atoms with Gasteiger partial charge in [0, 0.05) is 17.4 Å². The summed E-state index contributed by atoms with van der Waals surface area (Å²) in [6.07, 6.45) is 3.16. The molecule has 1 heterocycles. The van der Waals surface area contributed by atoms with E-state index >= 15 is 0 Å². The molecule has 148 valence electrons. The summed E-state index contributed by atoms with van der Waals surface area (Å²) in [5.74, 6) is 0.702. The van der Waals surface area contributed by atoms with Crippen molar-refractivity contribution in [3.63, 3.8) is 0 Å². The van der Waals surface area contributed by atoms with Crippen LogP contribution in [-0.2, 0) is 19.4 Å². The zero-order valence-corrected chi connectivity index (χ0v) is 17.3. The highest BCUT2D eigenvalue weighted by Crippen LogP contribution is 2.33. The summed E-state index contributed by atoms with van der Waals surface area (Å²) < 4.78 is 25.2. The van der Waals surface area contributed by atoms with Crippen molar-refractivity contribution in [1.29, 1.82) is 0 Å². The second kappa shape index (κ2) is 8.22. The van der Waals surface area contributed by atoms with Gasteiger partial charge in [-0.15, -0.1) is 11.8 Å². The average molecular weight is 411 g/mol. The topological polar surface area (TPSA) is 92.3 Å². The summed E-state index contributed by atoms with van der Waals surface area (Å²) in [6.45, 7) is 4.34. The molecule has 2 N–H and O–H groups in total. The quantitative estimate of drug-likeness (QED) is 0.779. The normalized spacial score (nSPS) is 25.4. The van der Waals surface area contributed by atoms with Gasteiger partial charge in [0.25, 0.3) is 0 Å². The number of thioether (sulfide) groups is 1. The molecule has 1 aromatic carbocycles. The lowest BCUT2D eigenvalue weighted by atomic mass is 9.78. The van der Waals surface area contributed by atoms with Crippen molar-refractivity contribution in [3.8, 4) is 0 Å². The lowest BCUT2D eigenvalue weighted by molar-refractivity contribution is -0.122. The maximum atomic E-state index is 12.6. The van der Waals surface area contributed by atoms with E-state index in [9.17, 15) is 18.0 Å². The van der Waals surface area contributed by atoms with Crippen LogP contribution in [0.2, 0.25) is 0 Å². The molecule has 1 fully saturated rings. The summed E-state index contributed by atoms with van der Waals surface area (Å²) in [5, 5.41) is 5.71. The third-order valence-electron chi connectivity index (χ3n) is 5.59. The van der Waals surface area contributed by atoms with Crippen LogP contribution < -0.4 is 10.6 Å². The largest absolute Gasteiger partial charge is 0.353 e. The highest BCUT2D eigenvalue weighted by molar-refractivity contribution is 8.00. The van der Waals surface area contributed by atoms with Crippen LogP contribution >= 0.6 is 11.8 Å². The van der Waals surface area contributed by atoms with Crippen molar-refractivity contribution in [3.05, 3.63) is 18.2 Å². The Morgan fingerprint density at radius 2 is 2.07 bits per heavy atom. The number of carbonyl (C=O) groups is 2. The number of hydrogen-bond donors (Lipinski definition) is 2. The monoisotopic (exact) mass is 410 g/mol. The molecular weight excluding hydrogens is 384 g/mol. The Labute approximate surface area is 164 Å². The van der Waals surface area contributed by atoms with Gasteiger partial charge in [0.1, 0.15) is 0 Å². The van der Waals surface area contributed by atoms with Crippen LogP contribution in [0.25, 0.3) is 0 Å². The maximum Gasteiger partial charge on any atom is 0.234 e. The van der Waals surface area contributed by atoms with E-state index in [2.05, 4.69) is 24.5 Å². The fourth-order valence-corrected chi connectivity index (χ4v) is 5.72. The SMILES string of the molecule is C[C@H]1[C@H](C)CCC[C@H]1NC(=O)CCS(=O)(=O)c1ccc2c(c1)NC(=O)CS2. The van der Waals surface area contributed by atoms with Gasteiger partial charge in [0.15, 0.2) is 9.84 Å². The first-order chi connectivity index (χ1) is 12.8. The van der Waals surface area contributed by atoms with Gasteiger partial charge >= 0.3 is 0 Å². The molecule has 8 heteroatoms. The highest BCUT2D eigenvalue weighted by Gasteiger charge is 2.28. The Balaban J connectivity index is 1.61. The summed E-state index contributed by atoms with van der Waals surface area (Å²) >= 11 is 1.38. The number of nitrogens with one attached hydrogen (secondary N) is 2. The first-order valence-corrected chi connectivity index (χ1v) is 12.0. The van der Waals surface area contributed by atoms with Crippen molar-refractivity contribution >= 4 is 39.1 Å². The summed E-state index contributed by atoms with van der Waals surface area (Å²) in [5.41, 5.74) is 0.520. The van der Waals surface area contributed by atoms with Crippen LogP contribution in [0.1, 0.15) is 39.5 Å². The number of fused-ring (bicyclic) bond motifs is 1. The van der Waals surface area contributed by atoms with Crippen LogP contribution in [-0.4, -0.2) is 37.8 Å². The predicted molar refractivity (Wildman–Crippen MR) is 107 cm³/mol. The minimum Gasteiger partial charge on any atom is -0.353 e. The van der Waals surface area contributed by atoms with E-state index in [-0.39, 0.29) is 34.9 Å². The van der Waals surface area contributed by atoms with E-state index < -0.39 is 9.84 Å². The smallest absolute Gasteiger partial charge is 0.234 e. The number of amides is 2. The van der Waals surface area contributed by atoms with Crippen molar-refractivity contribution in [2.24, 2.45) is 11.8 Å². The molecule has 0 saturated heterocycles. The Bertz CT molecular complexity index is 838. The van der Waals surface area contributed by atoms with Gasteiger partial charge in [-0.2, -0.15) is 0 Å². The molecule has 1 aliphatic carbocycles. The third-order valence-corrected chi connectivity index (χ3v) is 8.38. The summed E-state index contributed by atoms with van der Waals surface area (Å²) in [6, 6.07) is 4.86. The second-order valence-corrected chi connectivity index (χ2v) is 10.6. The van der Waals surface area contributed by atoms with E-state index in [4.69, 9.17) is 0 Å². The van der Waals surface area contributed by atoms with E-state index in [1.54, 1.807) is 12.1 Å². The lowest BCUT2D eigenvalue weighted by Gasteiger charge is -2.34. The Kier molecular flexibility index (Phi) is 6.15. The van der Waals surface area contributed by atoms with Crippen LogP contribution in [0.5, 0.6) is 0 Å². The molecule has 0 spiro atoms. The molecule has 0 unspecified atom stereocenters. The van der Waals surface area contributed by atoms with Gasteiger partial charge in [-0.3, -0.25) is 9.59 Å². The molecule has 0 aromatic heterocycles. The number of rotatable bonds is 5. The summed E-state index contributed by atoms with van der Waals surface area (Å²) in [7, 11) is -3.59. The molecule has 3 rings (SSSR count). The summed E-state index contributed by atoms with van der Waals surface area (Å²) in [4.78, 5) is 24.8. The maximum absolute atomic E-state index is 12.6. The molecule has 1 aromatic rings. The van der Waals surface area contributed by atoms with Crippen LogP contribution in [0.3, 0.4) is 0 Å². The zero-order valence-electron chi connectivity index (χ0n) is 15.7. The first-order valence-electron chi connectivity index (χ1n) is 9.35. The molecular formula is C19H26N2O4S2. The van der Waals surface area contributed by atoms with Crippen molar-refractivity contribution in [1.82, 2.24) is 5.32 Å². The number of carbonyl (C=O) groups excluding carboxylic acids is 2. The Morgan fingerprint density at radius 3 is 2.85 bits per heavy atom. The van der Waals surface area contributed by atoms with Crippen LogP contribution in [0.15, 0.2) is 28.0 Å². The average Bonchev–Trinajstić information content (AvgIpc) is 2.63. The van der Waals surface area contributed by atoms with Crippen LogP contribution in [0.4, 0.5) is 5.69 Å². The standard InChI is InChI=1S/C19H26N2O4S2/c1-12-4-3-5-15(13(12)2)20-18(22)8-9-27(24,25)14-6-7-17-16(10-14)21-19(23)11-26-17/h6-7,10,12-13,15H,3-5,8-9,11H2,1-2H3,(H,20,22)(H,21,23)/t12-,13+,15-/m1/s1. The lowest BCUT2D eigenvalue weighted by Crippen LogP contribution is -2.44. The molecule has 0 radical (unpaired) electrons. The molecule has 6 nitrogen and oxygen atoms in total. The molecule has 2 aliphatic rings. The fraction of sp³-hybridized carbons (Fsp3) is 0.579. The van der Waals surface area contributed by atoms with Gasteiger partial charge < -0.3 is 10.6 Å². The zero-order chi connectivity index (χ0) is 19.6. The van der Waals surface area contributed by atoms with E-state index in [1.165, 1.54) is 24.2 Å². The van der Waals surface area contributed by atoms with Crippen molar-refractivity contribution in [2.45, 2.75) is 55.4 Å². The number of anilines is 1. The van der Waals surface area contributed by atoms with E-state index in [0.29, 0.717) is 23.3 Å². The number of benzene rings is 1. The van der Waals surface area contributed by atoms with Gasteiger partial charge in [-0.25, -0.2) is 8.42 Å². The minimum absolute atomic E-state index is 0.0574. The molecule has 2 amide bonds. The fourth-order valence-electron chi connectivity index (χ4n) is 3.67. The Hall–Kier alpha value is -1.54. The van der Waals surface area contributed by atoms with Gasteiger partial charge in [0.05, 0.1) is 22.1 Å². The first kappa shape index (κ1) is 20.2. The van der Waals surface area contributed by atoms with E-state index in [1.807, 2.05) is 0 Å². The van der Waals surface area contributed by atoms with Crippen molar-refractivity contribution in [2.75, 3.05) is 16.8 Å². The highest BCUT2D eigenvalue weighted by atomic mass is 32.2. The molecule has 27 heavy (non-hydrogen) atoms. The van der Waals surface area contributed by atoms with Gasteiger partial charge in [-0.1, -0.05) is 26.7 Å². The Morgan fingerprint density at radius 1 is 1.30 bits per heavy atom.